The summed E-state index contributed by atoms with van der Waals surface area (Å²) in [5, 5.41) is 10.4. The van der Waals surface area contributed by atoms with E-state index in [0.29, 0.717) is 23.6 Å². The summed E-state index contributed by atoms with van der Waals surface area (Å²) in [4.78, 5) is 0. The van der Waals surface area contributed by atoms with Crippen LogP contribution < -0.4 is 4.74 Å². The van der Waals surface area contributed by atoms with Crippen LogP contribution in [-0.2, 0) is 11.2 Å². The van der Waals surface area contributed by atoms with Crippen molar-refractivity contribution in [3.05, 3.63) is 90.3 Å². The number of rotatable bonds is 11. The van der Waals surface area contributed by atoms with Crippen LogP contribution in [0, 0.1) is 11.8 Å². The van der Waals surface area contributed by atoms with Gasteiger partial charge in [0.2, 0.25) is 0 Å². The van der Waals surface area contributed by atoms with Crippen LogP contribution in [0.25, 0.3) is 0 Å². The zero-order valence-electron chi connectivity index (χ0n) is 17.4. The number of hydrogen-bond donors (Lipinski definition) is 1. The number of methoxy groups -OCH3 is 1. The fourth-order valence-corrected chi connectivity index (χ4v) is 3.29. The number of benzene rings is 2. The van der Waals surface area contributed by atoms with Crippen molar-refractivity contribution in [1.82, 2.24) is 0 Å². The first-order chi connectivity index (χ1) is 14.0. The molecule has 4 unspecified atom stereocenters. The van der Waals surface area contributed by atoms with Gasteiger partial charge in [-0.3, -0.25) is 0 Å². The summed E-state index contributed by atoms with van der Waals surface area (Å²) in [6, 6.07) is 17.3. The average Bonchev–Trinajstić information content (AvgIpc) is 2.74. The topological polar surface area (TPSA) is 38.7 Å². The van der Waals surface area contributed by atoms with Gasteiger partial charge >= 0.3 is 0 Å². The molecule has 0 heterocycles. The first-order valence-corrected chi connectivity index (χ1v) is 9.98. The van der Waals surface area contributed by atoms with Crippen LogP contribution in [0.2, 0.25) is 0 Å². The van der Waals surface area contributed by atoms with Crippen molar-refractivity contribution >= 4 is 0 Å². The molecule has 0 aromatic heterocycles. The summed E-state index contributed by atoms with van der Waals surface area (Å²) in [6.07, 6.45) is 6.24. The van der Waals surface area contributed by atoms with E-state index in [2.05, 4.69) is 31.2 Å². The lowest BCUT2D eigenvalue weighted by molar-refractivity contribution is -0.139. The molecule has 2 rings (SSSR count). The number of hydrogen-bond acceptors (Lipinski definition) is 3. The van der Waals surface area contributed by atoms with Gasteiger partial charge < -0.3 is 14.6 Å². The molecule has 4 atom stereocenters. The van der Waals surface area contributed by atoms with Crippen molar-refractivity contribution in [2.75, 3.05) is 7.11 Å². The Bertz CT molecular complexity index is 755. The van der Waals surface area contributed by atoms with E-state index < -0.39 is 12.4 Å². The van der Waals surface area contributed by atoms with Gasteiger partial charge in [0.1, 0.15) is 5.75 Å². The Morgan fingerprint density at radius 3 is 2.31 bits per heavy atom. The second-order valence-corrected chi connectivity index (χ2v) is 7.35. The first kappa shape index (κ1) is 22.9. The van der Waals surface area contributed by atoms with Crippen LogP contribution in [0.15, 0.2) is 79.2 Å². The SMILES string of the molecule is COc1ccc(C(O)OC(/C=C\F)C(C)CC(C)/C=C/Cc2ccccc2)cc1. The van der Waals surface area contributed by atoms with Crippen LogP contribution in [0.3, 0.4) is 0 Å². The maximum absolute atomic E-state index is 12.9. The Kier molecular flexibility index (Phi) is 9.62. The maximum Gasteiger partial charge on any atom is 0.181 e. The number of ether oxygens (including phenoxy) is 2. The van der Waals surface area contributed by atoms with Gasteiger partial charge in [-0.05, 0) is 48.4 Å². The minimum atomic E-state index is -1.13. The fourth-order valence-electron chi connectivity index (χ4n) is 3.29. The normalized spacial score (nSPS) is 16.0. The minimum absolute atomic E-state index is 0.0336. The van der Waals surface area contributed by atoms with Crippen LogP contribution in [0.1, 0.15) is 37.7 Å². The van der Waals surface area contributed by atoms with Gasteiger partial charge in [0.25, 0.3) is 0 Å². The first-order valence-electron chi connectivity index (χ1n) is 9.98. The predicted molar refractivity (Wildman–Crippen MR) is 115 cm³/mol. The molecule has 29 heavy (non-hydrogen) atoms. The van der Waals surface area contributed by atoms with E-state index in [1.165, 1.54) is 11.6 Å². The summed E-state index contributed by atoms with van der Waals surface area (Å²) in [6.45, 7) is 4.14. The summed E-state index contributed by atoms with van der Waals surface area (Å²) in [5.41, 5.74) is 1.87. The number of halogens is 1. The van der Waals surface area contributed by atoms with E-state index in [0.717, 1.165) is 12.8 Å². The Balaban J connectivity index is 1.90. The Morgan fingerprint density at radius 2 is 1.69 bits per heavy atom. The lowest BCUT2D eigenvalue weighted by Gasteiger charge is -2.26. The van der Waals surface area contributed by atoms with E-state index >= 15 is 0 Å². The minimum Gasteiger partial charge on any atom is -0.497 e. The van der Waals surface area contributed by atoms with Crippen LogP contribution in [0.4, 0.5) is 4.39 Å². The standard InChI is InChI=1S/C25H31FO3/c1-19(8-7-11-21-9-5-4-6-10-21)18-20(2)24(16-17-26)29-25(27)22-12-14-23(28-3)15-13-22/h4-10,12-17,19-20,24-25,27H,11,18H2,1-3H3/b8-7+,17-16-. The van der Waals surface area contributed by atoms with Crippen molar-refractivity contribution in [2.45, 2.75) is 39.1 Å². The van der Waals surface area contributed by atoms with Crippen molar-refractivity contribution in [3.63, 3.8) is 0 Å². The molecular weight excluding hydrogens is 367 g/mol. The Hall–Kier alpha value is -2.43. The molecule has 156 valence electrons. The van der Waals surface area contributed by atoms with Gasteiger partial charge in [0, 0.05) is 5.56 Å². The molecule has 2 aromatic carbocycles. The van der Waals surface area contributed by atoms with Crippen molar-refractivity contribution in [3.8, 4) is 5.75 Å². The second kappa shape index (κ2) is 12.2. The van der Waals surface area contributed by atoms with Crippen LogP contribution >= 0.6 is 0 Å². The second-order valence-electron chi connectivity index (χ2n) is 7.35. The van der Waals surface area contributed by atoms with E-state index in [-0.39, 0.29) is 5.92 Å². The van der Waals surface area contributed by atoms with Crippen molar-refractivity contribution < 1.29 is 19.0 Å². The third-order valence-corrected chi connectivity index (χ3v) is 4.91. The van der Waals surface area contributed by atoms with Gasteiger partial charge in [-0.1, -0.05) is 68.5 Å². The molecule has 0 aliphatic heterocycles. The molecule has 0 saturated heterocycles. The predicted octanol–water partition coefficient (Wildman–Crippen LogP) is 6.02. The molecule has 3 nitrogen and oxygen atoms in total. The van der Waals surface area contributed by atoms with Gasteiger partial charge in [-0.25, -0.2) is 4.39 Å². The highest BCUT2D eigenvalue weighted by molar-refractivity contribution is 5.27. The molecular formula is C25H31FO3. The highest BCUT2D eigenvalue weighted by Crippen LogP contribution is 2.26. The molecule has 0 amide bonds. The Morgan fingerprint density at radius 1 is 1.00 bits per heavy atom. The molecule has 0 saturated carbocycles. The van der Waals surface area contributed by atoms with E-state index in [1.807, 2.05) is 25.1 Å². The molecule has 1 N–H and O–H groups in total. The summed E-state index contributed by atoms with van der Waals surface area (Å²) in [5.74, 6) is 1.04. The number of allylic oxidation sites excluding steroid dienone is 2. The third-order valence-electron chi connectivity index (χ3n) is 4.91. The summed E-state index contributed by atoms with van der Waals surface area (Å²) >= 11 is 0. The zero-order valence-corrected chi connectivity index (χ0v) is 17.4. The van der Waals surface area contributed by atoms with Crippen LogP contribution in [-0.4, -0.2) is 18.3 Å². The number of aliphatic hydroxyl groups excluding tert-OH is 1. The maximum atomic E-state index is 12.9. The molecule has 4 heteroatoms. The van der Waals surface area contributed by atoms with Gasteiger partial charge in [0.15, 0.2) is 6.29 Å². The van der Waals surface area contributed by atoms with Crippen molar-refractivity contribution in [2.24, 2.45) is 11.8 Å². The van der Waals surface area contributed by atoms with E-state index in [4.69, 9.17) is 9.47 Å². The molecule has 0 aliphatic rings. The van der Waals surface area contributed by atoms with Gasteiger partial charge in [-0.15, -0.1) is 0 Å². The lowest BCUT2D eigenvalue weighted by Crippen LogP contribution is -2.23. The van der Waals surface area contributed by atoms with E-state index in [9.17, 15) is 9.50 Å². The van der Waals surface area contributed by atoms with Gasteiger partial charge in [-0.2, -0.15) is 0 Å². The molecule has 0 spiro atoms. The zero-order chi connectivity index (χ0) is 21.1. The summed E-state index contributed by atoms with van der Waals surface area (Å²) < 4.78 is 23.8. The molecule has 0 bridgehead atoms. The number of aliphatic hydroxyl groups is 1. The largest absolute Gasteiger partial charge is 0.497 e. The molecule has 0 radical (unpaired) electrons. The molecule has 0 fully saturated rings. The highest BCUT2D eigenvalue weighted by atomic mass is 19.1. The lowest BCUT2D eigenvalue weighted by atomic mass is 9.92. The smallest absolute Gasteiger partial charge is 0.181 e. The van der Waals surface area contributed by atoms with Gasteiger partial charge in [0.05, 0.1) is 19.5 Å². The van der Waals surface area contributed by atoms with Crippen molar-refractivity contribution in [1.29, 1.82) is 0 Å². The van der Waals surface area contributed by atoms with E-state index in [1.54, 1.807) is 31.4 Å². The van der Waals surface area contributed by atoms with Crippen LogP contribution in [0.5, 0.6) is 5.75 Å². The third kappa shape index (κ3) is 7.84. The Labute approximate surface area is 173 Å². The fraction of sp³-hybridized carbons (Fsp3) is 0.360. The quantitative estimate of drug-likeness (QED) is 0.372. The highest BCUT2D eigenvalue weighted by Gasteiger charge is 2.21. The monoisotopic (exact) mass is 398 g/mol. The average molecular weight is 399 g/mol. The molecule has 2 aromatic rings. The molecule has 0 aliphatic carbocycles. The summed E-state index contributed by atoms with van der Waals surface area (Å²) in [7, 11) is 1.58.